The number of amides is 2. The quantitative estimate of drug-likeness (QED) is 0.839. The first-order valence-corrected chi connectivity index (χ1v) is 7.14. The van der Waals surface area contributed by atoms with Crippen LogP contribution in [0.15, 0.2) is 24.3 Å². The number of carbonyl (C=O) groups excluding carboxylic acids is 2. The number of carbonyl (C=O) groups is 2. The Bertz CT molecular complexity index is 559. The second-order valence-corrected chi connectivity index (χ2v) is 5.18. The van der Waals surface area contributed by atoms with Gasteiger partial charge in [-0.25, -0.2) is 0 Å². The summed E-state index contributed by atoms with van der Waals surface area (Å²) in [6, 6.07) is 4.33. The standard InChI is InChI=1S/C15H20F3N3O2/c1-3-21(14(23)8-10(2)19)9-13(22)20-12-7-5-4-6-11(12)15(16,17)18/h4-7,10H,3,8-9,19H2,1-2H3,(H,20,22). The highest BCUT2D eigenvalue weighted by Gasteiger charge is 2.33. The van der Waals surface area contributed by atoms with Crippen molar-refractivity contribution in [2.24, 2.45) is 5.73 Å². The Labute approximate surface area is 132 Å². The zero-order valence-corrected chi connectivity index (χ0v) is 13.0. The van der Waals surface area contributed by atoms with E-state index in [1.54, 1.807) is 13.8 Å². The molecule has 1 atom stereocenters. The van der Waals surface area contributed by atoms with Crippen LogP contribution >= 0.6 is 0 Å². The topological polar surface area (TPSA) is 75.4 Å². The molecule has 0 heterocycles. The molecule has 0 spiro atoms. The van der Waals surface area contributed by atoms with Crippen molar-refractivity contribution in [1.82, 2.24) is 4.90 Å². The number of nitrogens with two attached hydrogens (primary N) is 1. The van der Waals surface area contributed by atoms with Crippen LogP contribution in [-0.2, 0) is 15.8 Å². The molecule has 0 aromatic heterocycles. The molecule has 2 amide bonds. The van der Waals surface area contributed by atoms with Crippen LogP contribution in [0.1, 0.15) is 25.8 Å². The SMILES string of the molecule is CCN(CC(=O)Nc1ccccc1C(F)(F)F)C(=O)CC(C)N. The number of benzene rings is 1. The molecule has 1 unspecified atom stereocenters. The number of anilines is 1. The number of nitrogens with zero attached hydrogens (tertiary/aromatic N) is 1. The third kappa shape index (κ3) is 5.90. The number of halogens is 3. The van der Waals surface area contributed by atoms with Gasteiger partial charge < -0.3 is 16.0 Å². The van der Waals surface area contributed by atoms with Gasteiger partial charge in [-0.3, -0.25) is 9.59 Å². The zero-order chi connectivity index (χ0) is 17.6. The lowest BCUT2D eigenvalue weighted by atomic mass is 10.1. The molecular weight excluding hydrogens is 311 g/mol. The maximum atomic E-state index is 12.9. The van der Waals surface area contributed by atoms with Gasteiger partial charge in [-0.1, -0.05) is 12.1 Å². The van der Waals surface area contributed by atoms with Gasteiger partial charge >= 0.3 is 6.18 Å². The molecule has 1 rings (SSSR count). The number of likely N-dealkylation sites (N-methyl/N-ethyl adjacent to an activating group) is 1. The van der Waals surface area contributed by atoms with Crippen molar-refractivity contribution < 1.29 is 22.8 Å². The second-order valence-electron chi connectivity index (χ2n) is 5.18. The van der Waals surface area contributed by atoms with Crippen LogP contribution in [0.25, 0.3) is 0 Å². The van der Waals surface area contributed by atoms with E-state index in [0.717, 1.165) is 6.07 Å². The van der Waals surface area contributed by atoms with Gasteiger partial charge in [0.25, 0.3) is 0 Å². The molecule has 0 aliphatic heterocycles. The Morgan fingerprint density at radius 3 is 2.43 bits per heavy atom. The van der Waals surface area contributed by atoms with Gasteiger partial charge in [-0.15, -0.1) is 0 Å². The van der Waals surface area contributed by atoms with Crippen LogP contribution in [0.4, 0.5) is 18.9 Å². The predicted octanol–water partition coefficient (Wildman–Crippen LogP) is 2.23. The lowest BCUT2D eigenvalue weighted by Crippen LogP contribution is -2.40. The Morgan fingerprint density at radius 2 is 1.91 bits per heavy atom. The molecule has 0 aliphatic carbocycles. The van der Waals surface area contributed by atoms with Gasteiger partial charge in [0.2, 0.25) is 11.8 Å². The van der Waals surface area contributed by atoms with Crippen LogP contribution in [0.2, 0.25) is 0 Å². The van der Waals surface area contributed by atoms with Crippen molar-refractivity contribution in [3.05, 3.63) is 29.8 Å². The third-order valence-electron chi connectivity index (χ3n) is 3.07. The maximum absolute atomic E-state index is 12.9. The number of hydrogen-bond acceptors (Lipinski definition) is 3. The Balaban J connectivity index is 2.79. The number of hydrogen-bond donors (Lipinski definition) is 2. The average Bonchev–Trinajstić information content (AvgIpc) is 2.43. The summed E-state index contributed by atoms with van der Waals surface area (Å²) < 4.78 is 38.6. The predicted molar refractivity (Wildman–Crippen MR) is 80.6 cm³/mol. The molecule has 0 radical (unpaired) electrons. The van der Waals surface area contributed by atoms with Crippen molar-refractivity contribution in [2.45, 2.75) is 32.5 Å². The van der Waals surface area contributed by atoms with E-state index in [0.29, 0.717) is 0 Å². The highest BCUT2D eigenvalue weighted by Crippen LogP contribution is 2.34. The fraction of sp³-hybridized carbons (Fsp3) is 0.467. The van der Waals surface area contributed by atoms with E-state index < -0.39 is 17.6 Å². The monoisotopic (exact) mass is 331 g/mol. The summed E-state index contributed by atoms with van der Waals surface area (Å²) in [4.78, 5) is 25.1. The van der Waals surface area contributed by atoms with Gasteiger partial charge in [0.15, 0.2) is 0 Å². The highest BCUT2D eigenvalue weighted by molar-refractivity contribution is 5.95. The van der Waals surface area contributed by atoms with Gasteiger partial charge in [-0.05, 0) is 26.0 Å². The van der Waals surface area contributed by atoms with Gasteiger partial charge in [-0.2, -0.15) is 13.2 Å². The van der Waals surface area contributed by atoms with E-state index >= 15 is 0 Å². The second kappa shape index (κ2) is 7.96. The Kier molecular flexibility index (Phi) is 6.56. The third-order valence-corrected chi connectivity index (χ3v) is 3.07. The van der Waals surface area contributed by atoms with E-state index in [-0.39, 0.29) is 37.1 Å². The molecule has 0 saturated heterocycles. The minimum atomic E-state index is -4.57. The molecule has 0 fully saturated rings. The number of para-hydroxylation sites is 1. The van der Waals surface area contributed by atoms with E-state index in [2.05, 4.69) is 5.32 Å². The van der Waals surface area contributed by atoms with Crippen LogP contribution < -0.4 is 11.1 Å². The minimum Gasteiger partial charge on any atom is -0.334 e. The van der Waals surface area contributed by atoms with Crippen molar-refractivity contribution in [1.29, 1.82) is 0 Å². The molecule has 5 nitrogen and oxygen atoms in total. The van der Waals surface area contributed by atoms with Crippen LogP contribution in [0, 0.1) is 0 Å². The molecular formula is C15H20F3N3O2. The van der Waals surface area contributed by atoms with E-state index in [9.17, 15) is 22.8 Å². The number of nitrogens with one attached hydrogen (secondary N) is 1. The first kappa shape index (κ1) is 19.0. The lowest BCUT2D eigenvalue weighted by Gasteiger charge is -2.22. The fourth-order valence-corrected chi connectivity index (χ4v) is 1.98. The molecule has 128 valence electrons. The summed E-state index contributed by atoms with van der Waals surface area (Å²) >= 11 is 0. The lowest BCUT2D eigenvalue weighted by molar-refractivity contribution is -0.137. The normalized spacial score (nSPS) is 12.6. The molecule has 0 saturated carbocycles. The molecule has 0 bridgehead atoms. The summed E-state index contributed by atoms with van der Waals surface area (Å²) in [6.07, 6.45) is -4.50. The van der Waals surface area contributed by atoms with Crippen molar-refractivity contribution >= 4 is 17.5 Å². The molecule has 23 heavy (non-hydrogen) atoms. The molecule has 8 heteroatoms. The summed E-state index contributed by atoms with van der Waals surface area (Å²) in [5, 5.41) is 2.21. The van der Waals surface area contributed by atoms with Gasteiger partial charge in [0.05, 0.1) is 17.8 Å². The van der Waals surface area contributed by atoms with Crippen molar-refractivity contribution in [3.8, 4) is 0 Å². The van der Waals surface area contributed by atoms with E-state index in [1.165, 1.54) is 23.1 Å². The van der Waals surface area contributed by atoms with Crippen LogP contribution in [0.3, 0.4) is 0 Å². The van der Waals surface area contributed by atoms with E-state index in [4.69, 9.17) is 5.73 Å². The van der Waals surface area contributed by atoms with Crippen molar-refractivity contribution in [2.75, 3.05) is 18.4 Å². The molecule has 0 aliphatic rings. The average molecular weight is 331 g/mol. The van der Waals surface area contributed by atoms with E-state index in [1.807, 2.05) is 0 Å². The van der Waals surface area contributed by atoms with Crippen LogP contribution in [-0.4, -0.2) is 35.8 Å². The fourth-order valence-electron chi connectivity index (χ4n) is 1.98. The number of alkyl halides is 3. The first-order valence-electron chi connectivity index (χ1n) is 7.14. The minimum absolute atomic E-state index is 0.0697. The Morgan fingerprint density at radius 1 is 1.30 bits per heavy atom. The van der Waals surface area contributed by atoms with Gasteiger partial charge in [0, 0.05) is 19.0 Å². The van der Waals surface area contributed by atoms with Gasteiger partial charge in [0.1, 0.15) is 0 Å². The number of rotatable bonds is 6. The summed E-state index contributed by atoms with van der Waals surface area (Å²) in [5.74, 6) is -1.01. The summed E-state index contributed by atoms with van der Waals surface area (Å²) in [6.45, 7) is 3.27. The summed E-state index contributed by atoms with van der Waals surface area (Å²) in [5.41, 5.74) is 4.27. The van der Waals surface area contributed by atoms with Crippen LogP contribution in [0.5, 0.6) is 0 Å². The smallest absolute Gasteiger partial charge is 0.334 e. The Hall–Kier alpha value is -2.09. The molecule has 3 N–H and O–H groups in total. The first-order chi connectivity index (χ1) is 10.6. The maximum Gasteiger partial charge on any atom is 0.418 e. The zero-order valence-electron chi connectivity index (χ0n) is 13.0. The molecule has 1 aromatic carbocycles. The summed E-state index contributed by atoms with van der Waals surface area (Å²) in [7, 11) is 0. The largest absolute Gasteiger partial charge is 0.418 e. The molecule has 1 aromatic rings. The highest BCUT2D eigenvalue weighted by atomic mass is 19.4. The van der Waals surface area contributed by atoms with Crippen molar-refractivity contribution in [3.63, 3.8) is 0 Å².